The molecule has 1 unspecified atom stereocenters. The number of fused-ring (bicyclic) bond motifs is 1. The molecule has 0 N–H and O–H groups in total. The highest BCUT2D eigenvalue weighted by Gasteiger charge is 2.34. The fourth-order valence-corrected chi connectivity index (χ4v) is 2.57. The van der Waals surface area contributed by atoms with Crippen molar-refractivity contribution in [3.63, 3.8) is 0 Å². The first-order valence-electron chi connectivity index (χ1n) is 6.00. The molecule has 1 aliphatic carbocycles. The molecule has 3 heteroatoms. The second-order valence-electron chi connectivity index (χ2n) is 5.47. The van der Waals surface area contributed by atoms with Crippen molar-refractivity contribution in [1.29, 1.82) is 0 Å². The average molecular weight is 220 g/mol. The monoisotopic (exact) mass is 220 g/mol. The molecule has 16 heavy (non-hydrogen) atoms. The second-order valence-corrected chi connectivity index (χ2v) is 5.47. The van der Waals surface area contributed by atoms with Crippen LogP contribution in [0.3, 0.4) is 0 Å². The summed E-state index contributed by atoms with van der Waals surface area (Å²) in [4.78, 5) is 16.0. The first-order chi connectivity index (χ1) is 7.44. The lowest BCUT2D eigenvalue weighted by Gasteiger charge is -2.30. The molecule has 1 atom stereocenters. The van der Waals surface area contributed by atoms with Gasteiger partial charge < -0.3 is 4.57 Å². The van der Waals surface area contributed by atoms with Gasteiger partial charge in [-0.05, 0) is 25.2 Å². The summed E-state index contributed by atoms with van der Waals surface area (Å²) >= 11 is 0. The van der Waals surface area contributed by atoms with Gasteiger partial charge in [0.05, 0.1) is 11.9 Å². The molecule has 0 amide bonds. The molecule has 88 valence electrons. The van der Waals surface area contributed by atoms with Gasteiger partial charge in [0.15, 0.2) is 0 Å². The zero-order valence-electron chi connectivity index (χ0n) is 10.6. The third-order valence-electron chi connectivity index (χ3n) is 4.21. The van der Waals surface area contributed by atoms with Gasteiger partial charge in [-0.25, -0.2) is 0 Å². The van der Waals surface area contributed by atoms with Crippen LogP contribution < -0.4 is 5.56 Å². The van der Waals surface area contributed by atoms with E-state index >= 15 is 0 Å². The largest absolute Gasteiger partial charge is 0.313 e. The maximum atomic E-state index is 11.6. The fourth-order valence-electron chi connectivity index (χ4n) is 2.57. The molecule has 1 aromatic heterocycles. The van der Waals surface area contributed by atoms with E-state index in [1.165, 1.54) is 12.6 Å². The quantitative estimate of drug-likeness (QED) is 0.627. The second kappa shape index (κ2) is 3.72. The Bertz CT molecular complexity index is 459. The first-order valence-corrected chi connectivity index (χ1v) is 6.00. The van der Waals surface area contributed by atoms with E-state index in [1.807, 2.05) is 7.05 Å². The van der Waals surface area contributed by atoms with Gasteiger partial charge >= 0.3 is 0 Å². The molecule has 0 aromatic carbocycles. The molecule has 2 rings (SSSR count). The molecular weight excluding hydrogens is 200 g/mol. The summed E-state index contributed by atoms with van der Waals surface area (Å²) in [5.74, 6) is 0.610. The van der Waals surface area contributed by atoms with Gasteiger partial charge in [-0.15, -0.1) is 0 Å². The third kappa shape index (κ3) is 1.58. The summed E-state index contributed by atoms with van der Waals surface area (Å²) < 4.78 is 1.77. The number of rotatable bonds is 0. The minimum absolute atomic E-state index is 0.00380. The SMILES string of the molecule is CC1CCCc2c(ncc(=O)n2C)C1(C)C. The van der Waals surface area contributed by atoms with Crippen LogP contribution in [0.2, 0.25) is 0 Å². The summed E-state index contributed by atoms with van der Waals surface area (Å²) in [5.41, 5.74) is 2.31. The van der Waals surface area contributed by atoms with E-state index in [0.29, 0.717) is 5.92 Å². The van der Waals surface area contributed by atoms with Crippen LogP contribution in [-0.4, -0.2) is 9.55 Å². The highest BCUT2D eigenvalue weighted by atomic mass is 16.1. The Labute approximate surface area is 96.5 Å². The Balaban J connectivity index is 2.67. The standard InChI is InChI=1S/C13H20N2O/c1-9-6-5-7-10-12(13(9,2)3)14-8-11(16)15(10)4/h8-9H,5-7H2,1-4H3. The van der Waals surface area contributed by atoms with E-state index in [4.69, 9.17) is 0 Å². The number of nitrogens with zero attached hydrogens (tertiary/aromatic N) is 2. The summed E-state index contributed by atoms with van der Waals surface area (Å²) in [6.07, 6.45) is 4.79. The molecule has 0 saturated heterocycles. The topological polar surface area (TPSA) is 34.9 Å². The van der Waals surface area contributed by atoms with Crippen molar-refractivity contribution in [3.8, 4) is 0 Å². The van der Waals surface area contributed by atoms with Crippen molar-refractivity contribution in [3.05, 3.63) is 27.9 Å². The molecule has 0 saturated carbocycles. The Hall–Kier alpha value is -1.12. The van der Waals surface area contributed by atoms with Crippen molar-refractivity contribution < 1.29 is 0 Å². The van der Waals surface area contributed by atoms with Crippen molar-refractivity contribution in [2.75, 3.05) is 0 Å². The van der Waals surface area contributed by atoms with Crippen LogP contribution in [0, 0.1) is 5.92 Å². The molecule has 0 radical (unpaired) electrons. The first kappa shape index (κ1) is 11.4. The lowest BCUT2D eigenvalue weighted by Crippen LogP contribution is -2.31. The summed E-state index contributed by atoms with van der Waals surface area (Å²) in [6.45, 7) is 6.75. The van der Waals surface area contributed by atoms with E-state index in [0.717, 1.165) is 24.2 Å². The van der Waals surface area contributed by atoms with Gasteiger partial charge in [0.2, 0.25) is 0 Å². The van der Waals surface area contributed by atoms with Crippen LogP contribution in [0.4, 0.5) is 0 Å². The number of aromatic nitrogens is 2. The Morgan fingerprint density at radius 1 is 1.50 bits per heavy atom. The van der Waals surface area contributed by atoms with Crippen LogP contribution in [0.1, 0.15) is 45.0 Å². The summed E-state index contributed by atoms with van der Waals surface area (Å²) in [6, 6.07) is 0. The number of hydrogen-bond donors (Lipinski definition) is 0. The highest BCUT2D eigenvalue weighted by Crippen LogP contribution is 2.37. The Morgan fingerprint density at radius 3 is 2.88 bits per heavy atom. The van der Waals surface area contributed by atoms with Crippen LogP contribution in [-0.2, 0) is 18.9 Å². The Kier molecular flexibility index (Phi) is 2.64. The predicted molar refractivity (Wildman–Crippen MR) is 64.6 cm³/mol. The number of hydrogen-bond acceptors (Lipinski definition) is 2. The lowest BCUT2D eigenvalue weighted by atomic mass is 9.76. The molecule has 0 spiro atoms. The molecule has 0 bridgehead atoms. The van der Waals surface area contributed by atoms with Crippen molar-refractivity contribution in [1.82, 2.24) is 9.55 Å². The minimum Gasteiger partial charge on any atom is -0.313 e. The summed E-state index contributed by atoms with van der Waals surface area (Å²) in [5, 5.41) is 0. The molecule has 1 heterocycles. The normalized spacial score (nSPS) is 23.6. The Morgan fingerprint density at radius 2 is 2.19 bits per heavy atom. The maximum Gasteiger partial charge on any atom is 0.268 e. The molecule has 3 nitrogen and oxygen atoms in total. The maximum absolute atomic E-state index is 11.6. The lowest BCUT2D eigenvalue weighted by molar-refractivity contribution is 0.321. The van der Waals surface area contributed by atoms with Gasteiger partial charge in [-0.1, -0.05) is 20.8 Å². The molecular formula is C13H20N2O. The van der Waals surface area contributed by atoms with E-state index in [1.54, 1.807) is 4.57 Å². The highest BCUT2D eigenvalue weighted by molar-refractivity contribution is 5.24. The molecule has 1 aliphatic rings. The van der Waals surface area contributed by atoms with Crippen LogP contribution >= 0.6 is 0 Å². The van der Waals surface area contributed by atoms with E-state index in [2.05, 4.69) is 25.8 Å². The van der Waals surface area contributed by atoms with E-state index in [-0.39, 0.29) is 11.0 Å². The fraction of sp³-hybridized carbons (Fsp3) is 0.692. The van der Waals surface area contributed by atoms with Crippen molar-refractivity contribution >= 4 is 0 Å². The van der Waals surface area contributed by atoms with Gasteiger partial charge in [0.25, 0.3) is 5.56 Å². The minimum atomic E-state index is 0.00380. The van der Waals surface area contributed by atoms with Crippen LogP contribution in [0.15, 0.2) is 11.0 Å². The molecule has 1 aromatic rings. The van der Waals surface area contributed by atoms with E-state index < -0.39 is 0 Å². The van der Waals surface area contributed by atoms with Gasteiger partial charge in [0, 0.05) is 18.2 Å². The zero-order chi connectivity index (χ0) is 11.9. The predicted octanol–water partition coefficient (Wildman–Crippen LogP) is 2.03. The molecule has 0 fully saturated rings. The molecule has 0 aliphatic heterocycles. The van der Waals surface area contributed by atoms with Gasteiger partial charge in [-0.2, -0.15) is 0 Å². The zero-order valence-corrected chi connectivity index (χ0v) is 10.6. The summed E-state index contributed by atoms with van der Waals surface area (Å²) in [7, 11) is 1.86. The van der Waals surface area contributed by atoms with Gasteiger partial charge in [-0.3, -0.25) is 9.78 Å². The smallest absolute Gasteiger partial charge is 0.268 e. The van der Waals surface area contributed by atoms with Gasteiger partial charge in [0.1, 0.15) is 0 Å². The third-order valence-corrected chi connectivity index (χ3v) is 4.21. The van der Waals surface area contributed by atoms with Crippen LogP contribution in [0.25, 0.3) is 0 Å². The van der Waals surface area contributed by atoms with Crippen molar-refractivity contribution in [2.24, 2.45) is 13.0 Å². The van der Waals surface area contributed by atoms with E-state index in [9.17, 15) is 4.79 Å². The van der Waals surface area contributed by atoms with Crippen LogP contribution in [0.5, 0.6) is 0 Å². The van der Waals surface area contributed by atoms with Crippen molar-refractivity contribution in [2.45, 2.75) is 45.4 Å². The average Bonchev–Trinajstić information content (AvgIpc) is 2.33.